The van der Waals surface area contributed by atoms with Gasteiger partial charge in [0.1, 0.15) is 5.82 Å². The third-order valence-corrected chi connectivity index (χ3v) is 5.69. The van der Waals surface area contributed by atoms with Crippen LogP contribution in [0.15, 0.2) is 23.2 Å². The number of aryl methyl sites for hydroxylation is 1. The Bertz CT molecular complexity index is 683. The van der Waals surface area contributed by atoms with E-state index < -0.39 is 9.84 Å². The molecule has 0 saturated carbocycles. The lowest BCUT2D eigenvalue weighted by molar-refractivity contribution is 0.299. The number of halogens is 2. The molecule has 1 saturated heterocycles. The minimum absolute atomic E-state index is 0. The second kappa shape index (κ2) is 10.3. The smallest absolute Gasteiger partial charge is 0.191 e. The number of rotatable bonds is 5. The third-order valence-electron chi connectivity index (χ3n) is 4.08. The van der Waals surface area contributed by atoms with Crippen molar-refractivity contribution in [1.29, 1.82) is 0 Å². The molecule has 0 amide bonds. The van der Waals surface area contributed by atoms with E-state index in [2.05, 4.69) is 20.5 Å². The molecule has 25 heavy (non-hydrogen) atoms. The molecule has 0 bridgehead atoms. The van der Waals surface area contributed by atoms with Crippen molar-refractivity contribution in [2.24, 2.45) is 4.99 Å². The van der Waals surface area contributed by atoms with Crippen molar-refractivity contribution in [3.05, 3.63) is 35.1 Å². The number of hydrogen-bond donors (Lipinski definition) is 2. The van der Waals surface area contributed by atoms with Gasteiger partial charge in [-0.15, -0.1) is 24.0 Å². The van der Waals surface area contributed by atoms with Crippen LogP contribution in [0.4, 0.5) is 4.39 Å². The summed E-state index contributed by atoms with van der Waals surface area (Å²) >= 11 is 0. The van der Waals surface area contributed by atoms with Crippen LogP contribution in [0.1, 0.15) is 11.1 Å². The number of guanidine groups is 1. The summed E-state index contributed by atoms with van der Waals surface area (Å²) in [6, 6.07) is 5.16. The summed E-state index contributed by atoms with van der Waals surface area (Å²) in [5.74, 6) is 0.899. The van der Waals surface area contributed by atoms with E-state index in [4.69, 9.17) is 0 Å². The highest BCUT2D eigenvalue weighted by atomic mass is 127. The SMILES string of the molecule is CN=C(NCCN1CCS(=O)(=O)CC1)NCc1ccc(C)c(F)c1.I. The fourth-order valence-electron chi connectivity index (χ4n) is 2.46. The van der Waals surface area contributed by atoms with Crippen LogP contribution in [-0.4, -0.2) is 64.0 Å². The van der Waals surface area contributed by atoms with Gasteiger partial charge in [-0.2, -0.15) is 0 Å². The van der Waals surface area contributed by atoms with Gasteiger partial charge in [0.25, 0.3) is 0 Å². The molecule has 0 aromatic heterocycles. The van der Waals surface area contributed by atoms with Crippen LogP contribution in [0.5, 0.6) is 0 Å². The number of nitrogens with one attached hydrogen (secondary N) is 2. The molecule has 2 N–H and O–H groups in total. The summed E-state index contributed by atoms with van der Waals surface area (Å²) in [6.07, 6.45) is 0. The van der Waals surface area contributed by atoms with Gasteiger partial charge in [0.05, 0.1) is 11.5 Å². The van der Waals surface area contributed by atoms with Crippen LogP contribution in [0.3, 0.4) is 0 Å². The molecule has 1 aliphatic rings. The lowest BCUT2D eigenvalue weighted by Crippen LogP contribution is -2.45. The first kappa shape index (κ1) is 22.1. The molecule has 0 unspecified atom stereocenters. The van der Waals surface area contributed by atoms with Gasteiger partial charge in [0.15, 0.2) is 15.8 Å². The Balaban J connectivity index is 0.00000312. The maximum atomic E-state index is 13.5. The van der Waals surface area contributed by atoms with Gasteiger partial charge in [-0.1, -0.05) is 12.1 Å². The van der Waals surface area contributed by atoms with Crippen molar-refractivity contribution in [1.82, 2.24) is 15.5 Å². The molecular weight excluding hydrogens is 458 g/mol. The van der Waals surface area contributed by atoms with Crippen LogP contribution >= 0.6 is 24.0 Å². The van der Waals surface area contributed by atoms with Crippen molar-refractivity contribution in [2.45, 2.75) is 13.5 Å². The van der Waals surface area contributed by atoms with Gasteiger partial charge in [0.2, 0.25) is 0 Å². The molecule has 0 radical (unpaired) electrons. The monoisotopic (exact) mass is 484 g/mol. The fraction of sp³-hybridized carbons (Fsp3) is 0.562. The van der Waals surface area contributed by atoms with E-state index in [1.165, 1.54) is 6.07 Å². The molecule has 0 spiro atoms. The highest BCUT2D eigenvalue weighted by Crippen LogP contribution is 2.08. The zero-order chi connectivity index (χ0) is 17.6. The predicted octanol–water partition coefficient (Wildman–Crippen LogP) is 1.15. The second-order valence-electron chi connectivity index (χ2n) is 5.93. The highest BCUT2D eigenvalue weighted by Gasteiger charge is 2.20. The van der Waals surface area contributed by atoms with E-state index in [1.807, 2.05) is 6.07 Å². The first-order chi connectivity index (χ1) is 11.4. The van der Waals surface area contributed by atoms with Gasteiger partial charge in [-0.05, 0) is 24.1 Å². The maximum Gasteiger partial charge on any atom is 0.191 e. The van der Waals surface area contributed by atoms with Crippen LogP contribution in [0.25, 0.3) is 0 Å². The van der Waals surface area contributed by atoms with Gasteiger partial charge < -0.3 is 10.6 Å². The topological polar surface area (TPSA) is 73.8 Å². The zero-order valence-corrected chi connectivity index (χ0v) is 17.7. The Morgan fingerprint density at radius 2 is 1.96 bits per heavy atom. The molecule has 0 atom stereocenters. The molecule has 2 rings (SSSR count). The third kappa shape index (κ3) is 7.45. The Hall–Kier alpha value is -0.940. The van der Waals surface area contributed by atoms with Crippen LogP contribution in [-0.2, 0) is 16.4 Å². The summed E-state index contributed by atoms with van der Waals surface area (Å²) in [6.45, 7) is 4.81. The summed E-state index contributed by atoms with van der Waals surface area (Å²) in [5, 5.41) is 6.33. The number of nitrogens with zero attached hydrogens (tertiary/aromatic N) is 2. The van der Waals surface area contributed by atoms with Gasteiger partial charge in [-0.25, -0.2) is 12.8 Å². The Morgan fingerprint density at radius 1 is 1.28 bits per heavy atom. The number of benzene rings is 1. The van der Waals surface area contributed by atoms with E-state index in [0.29, 0.717) is 37.7 Å². The molecule has 6 nitrogen and oxygen atoms in total. The Labute approximate surface area is 166 Å². The summed E-state index contributed by atoms with van der Waals surface area (Å²) in [5.41, 5.74) is 1.48. The lowest BCUT2D eigenvalue weighted by Gasteiger charge is -2.26. The van der Waals surface area contributed by atoms with Crippen molar-refractivity contribution >= 4 is 39.8 Å². The lowest BCUT2D eigenvalue weighted by atomic mass is 10.1. The van der Waals surface area contributed by atoms with Crippen LogP contribution in [0, 0.1) is 12.7 Å². The van der Waals surface area contributed by atoms with E-state index in [-0.39, 0.29) is 41.3 Å². The van der Waals surface area contributed by atoms with E-state index in [0.717, 1.165) is 12.1 Å². The van der Waals surface area contributed by atoms with Crippen molar-refractivity contribution in [3.63, 3.8) is 0 Å². The molecule has 1 aromatic rings. The normalized spacial score (nSPS) is 17.6. The van der Waals surface area contributed by atoms with Crippen molar-refractivity contribution in [2.75, 3.05) is 44.7 Å². The van der Waals surface area contributed by atoms with Crippen LogP contribution in [0.2, 0.25) is 0 Å². The standard InChI is InChI=1S/C16H25FN4O2S.HI/c1-13-3-4-14(11-15(13)17)12-20-16(18-2)19-5-6-21-7-9-24(22,23)10-8-21;/h3-4,11H,5-10,12H2,1-2H3,(H2,18,19,20);1H. The fourth-order valence-corrected chi connectivity index (χ4v) is 3.74. The number of sulfone groups is 1. The molecule has 1 aliphatic heterocycles. The summed E-state index contributed by atoms with van der Waals surface area (Å²) < 4.78 is 36.3. The average molecular weight is 484 g/mol. The largest absolute Gasteiger partial charge is 0.355 e. The molecule has 9 heteroatoms. The Morgan fingerprint density at radius 3 is 2.56 bits per heavy atom. The minimum Gasteiger partial charge on any atom is -0.355 e. The Kier molecular flexibility index (Phi) is 9.08. The molecule has 1 fully saturated rings. The maximum absolute atomic E-state index is 13.5. The minimum atomic E-state index is -2.84. The average Bonchev–Trinajstić information content (AvgIpc) is 2.55. The molecular formula is C16H26FIN4O2S. The van der Waals surface area contributed by atoms with Gasteiger partial charge in [-0.3, -0.25) is 9.89 Å². The first-order valence-corrected chi connectivity index (χ1v) is 9.84. The molecule has 0 aliphatic carbocycles. The van der Waals surface area contributed by atoms with Gasteiger partial charge >= 0.3 is 0 Å². The quantitative estimate of drug-likeness (QED) is 0.373. The van der Waals surface area contributed by atoms with Crippen molar-refractivity contribution in [3.8, 4) is 0 Å². The predicted molar refractivity (Wildman–Crippen MR) is 110 cm³/mol. The van der Waals surface area contributed by atoms with E-state index >= 15 is 0 Å². The molecule has 1 heterocycles. The number of aliphatic imine (C=N–C) groups is 1. The first-order valence-electron chi connectivity index (χ1n) is 8.02. The van der Waals surface area contributed by atoms with Crippen molar-refractivity contribution < 1.29 is 12.8 Å². The highest BCUT2D eigenvalue weighted by molar-refractivity contribution is 14.0. The number of hydrogen-bond acceptors (Lipinski definition) is 4. The van der Waals surface area contributed by atoms with E-state index in [1.54, 1.807) is 20.0 Å². The summed E-state index contributed by atoms with van der Waals surface area (Å²) in [7, 11) is -1.16. The van der Waals surface area contributed by atoms with Crippen LogP contribution < -0.4 is 10.6 Å². The van der Waals surface area contributed by atoms with Gasteiger partial charge in [0, 0.05) is 39.8 Å². The molecule has 1 aromatic carbocycles. The van der Waals surface area contributed by atoms with E-state index in [9.17, 15) is 12.8 Å². The molecule has 142 valence electrons. The zero-order valence-electron chi connectivity index (χ0n) is 14.6. The summed E-state index contributed by atoms with van der Waals surface area (Å²) in [4.78, 5) is 6.26. The second-order valence-corrected chi connectivity index (χ2v) is 8.23.